The monoisotopic (exact) mass is 541 g/mol. The molecule has 210 valence electrons. The Balaban J connectivity index is 0.000000148. The van der Waals surface area contributed by atoms with Crippen molar-refractivity contribution in [3.8, 4) is 22.9 Å². The highest BCUT2D eigenvalue weighted by molar-refractivity contribution is 5.91. The van der Waals surface area contributed by atoms with Gasteiger partial charge in [-0.1, -0.05) is 33.8 Å². The van der Waals surface area contributed by atoms with E-state index in [1.54, 1.807) is 12.4 Å². The van der Waals surface area contributed by atoms with Crippen molar-refractivity contribution in [3.05, 3.63) is 54.1 Å². The van der Waals surface area contributed by atoms with Crippen LogP contribution in [0.5, 0.6) is 11.8 Å². The predicted molar refractivity (Wildman–Crippen MR) is 153 cm³/mol. The van der Waals surface area contributed by atoms with E-state index < -0.39 is 11.2 Å². The van der Waals surface area contributed by atoms with Crippen molar-refractivity contribution in [1.29, 1.82) is 0 Å². The average molecular weight is 542 g/mol. The van der Waals surface area contributed by atoms with Gasteiger partial charge in [0.05, 0.1) is 5.69 Å². The molecule has 0 atom stereocenters. The Bertz CT molecular complexity index is 1430. The van der Waals surface area contributed by atoms with Gasteiger partial charge in [0.15, 0.2) is 17.0 Å². The van der Waals surface area contributed by atoms with E-state index in [1.165, 1.54) is 0 Å². The van der Waals surface area contributed by atoms with Gasteiger partial charge in [-0.3, -0.25) is 4.79 Å². The van der Waals surface area contributed by atoms with Crippen molar-refractivity contribution in [2.75, 3.05) is 5.73 Å². The zero-order valence-electron chi connectivity index (χ0n) is 24.0. The zero-order chi connectivity index (χ0) is 28.2. The number of ketones is 1. The molecular formula is C32H39N5O3. The Morgan fingerprint density at radius 2 is 1.30 bits per heavy atom. The van der Waals surface area contributed by atoms with Gasteiger partial charge in [0.25, 0.3) is 0 Å². The van der Waals surface area contributed by atoms with Crippen LogP contribution in [0.2, 0.25) is 0 Å². The highest BCUT2D eigenvalue weighted by Gasteiger charge is 2.49. The third-order valence-electron chi connectivity index (χ3n) is 9.42. The lowest BCUT2D eigenvalue weighted by Gasteiger charge is -2.45. The maximum atomic E-state index is 12.4. The van der Waals surface area contributed by atoms with Gasteiger partial charge in [0, 0.05) is 41.7 Å². The number of nitrogens with two attached hydrogens (primary N) is 1. The summed E-state index contributed by atoms with van der Waals surface area (Å²) < 4.78 is 12.4. The summed E-state index contributed by atoms with van der Waals surface area (Å²) in [5.41, 5.74) is 9.34. The summed E-state index contributed by atoms with van der Waals surface area (Å²) in [5, 5.41) is 0. The molecule has 2 saturated carbocycles. The van der Waals surface area contributed by atoms with Crippen LogP contribution >= 0.6 is 0 Å². The minimum Gasteiger partial charge on any atom is -0.464 e. The molecule has 8 nitrogen and oxygen atoms in total. The highest BCUT2D eigenvalue weighted by atomic mass is 16.5. The Labute approximate surface area is 236 Å². The number of ether oxygens (including phenoxy) is 2. The van der Waals surface area contributed by atoms with E-state index in [2.05, 4.69) is 47.6 Å². The van der Waals surface area contributed by atoms with E-state index in [-0.39, 0.29) is 5.78 Å². The first-order valence-electron chi connectivity index (χ1n) is 14.4. The molecule has 0 aromatic carbocycles. The van der Waals surface area contributed by atoms with Gasteiger partial charge in [-0.25, -0.2) is 19.9 Å². The number of nitrogen functional groups attached to an aromatic ring is 1. The van der Waals surface area contributed by atoms with E-state index in [0.29, 0.717) is 35.0 Å². The highest BCUT2D eigenvalue weighted by Crippen LogP contribution is 2.53. The number of pyridine rings is 2. The van der Waals surface area contributed by atoms with Crippen LogP contribution < -0.4 is 15.2 Å². The topological polar surface area (TPSA) is 113 Å². The van der Waals surface area contributed by atoms with Crippen molar-refractivity contribution in [2.45, 2.75) is 96.7 Å². The van der Waals surface area contributed by atoms with Crippen molar-refractivity contribution < 1.29 is 14.3 Å². The SMILES string of the molecule is CC1(C)CCC2(CC1)Oc1ncccc1-c1cnc(N)nc12.CC1(C)CCC2(CC1)Oc1ncccc1CC2=O. The summed E-state index contributed by atoms with van der Waals surface area (Å²) in [6, 6.07) is 7.70. The lowest BCUT2D eigenvalue weighted by Crippen LogP contribution is -2.51. The van der Waals surface area contributed by atoms with Crippen LogP contribution in [0.25, 0.3) is 11.1 Å². The number of anilines is 1. The molecular weight excluding hydrogens is 502 g/mol. The molecule has 7 rings (SSSR count). The second kappa shape index (κ2) is 9.53. The first-order valence-corrected chi connectivity index (χ1v) is 14.4. The molecule has 0 unspecified atom stereocenters. The third kappa shape index (κ3) is 4.82. The normalized spacial score (nSPS) is 22.4. The summed E-state index contributed by atoms with van der Waals surface area (Å²) in [7, 11) is 0. The number of rotatable bonds is 0. The maximum absolute atomic E-state index is 12.4. The van der Waals surface area contributed by atoms with E-state index in [9.17, 15) is 4.79 Å². The number of carbonyl (C=O) groups excluding carboxylic acids is 1. The minimum absolute atomic E-state index is 0.235. The quantitative estimate of drug-likeness (QED) is 0.356. The van der Waals surface area contributed by atoms with Gasteiger partial charge >= 0.3 is 0 Å². The van der Waals surface area contributed by atoms with Gasteiger partial charge in [-0.2, -0.15) is 0 Å². The fraction of sp³-hybridized carbons (Fsp3) is 0.531. The minimum atomic E-state index is -0.586. The molecule has 2 aliphatic carbocycles. The molecule has 8 heteroatoms. The largest absolute Gasteiger partial charge is 0.464 e. The number of fused-ring (bicyclic) bond motifs is 5. The smallest absolute Gasteiger partial charge is 0.222 e. The van der Waals surface area contributed by atoms with Gasteiger partial charge in [0.2, 0.25) is 17.7 Å². The van der Waals surface area contributed by atoms with E-state index in [0.717, 1.165) is 73.8 Å². The van der Waals surface area contributed by atoms with Gasteiger partial charge in [-0.05, 0) is 80.4 Å². The molecule has 40 heavy (non-hydrogen) atoms. The maximum Gasteiger partial charge on any atom is 0.222 e. The van der Waals surface area contributed by atoms with Gasteiger partial charge in [0.1, 0.15) is 0 Å². The van der Waals surface area contributed by atoms with E-state index >= 15 is 0 Å². The molecule has 0 amide bonds. The Kier molecular flexibility index (Phi) is 6.35. The van der Waals surface area contributed by atoms with Crippen molar-refractivity contribution >= 4 is 11.7 Å². The van der Waals surface area contributed by atoms with Gasteiger partial charge in [-0.15, -0.1) is 0 Å². The van der Waals surface area contributed by atoms with Crippen LogP contribution in [-0.2, 0) is 16.8 Å². The van der Waals surface area contributed by atoms with Crippen molar-refractivity contribution in [1.82, 2.24) is 19.9 Å². The van der Waals surface area contributed by atoms with Crippen LogP contribution in [0.3, 0.4) is 0 Å². The second-order valence-corrected chi connectivity index (χ2v) is 13.4. The summed E-state index contributed by atoms with van der Waals surface area (Å²) in [5.74, 6) is 1.89. The van der Waals surface area contributed by atoms with Crippen LogP contribution in [0.4, 0.5) is 5.95 Å². The number of hydrogen-bond donors (Lipinski definition) is 1. The fourth-order valence-electron chi connectivity index (χ4n) is 6.46. The summed E-state index contributed by atoms with van der Waals surface area (Å²) in [6.45, 7) is 9.15. The predicted octanol–water partition coefficient (Wildman–Crippen LogP) is 6.23. The molecule has 4 aliphatic rings. The number of carbonyl (C=O) groups is 1. The molecule has 3 aromatic rings. The van der Waals surface area contributed by atoms with Crippen LogP contribution in [-0.4, -0.2) is 31.3 Å². The Morgan fingerprint density at radius 1 is 0.725 bits per heavy atom. The van der Waals surface area contributed by atoms with Crippen LogP contribution in [0, 0.1) is 10.8 Å². The molecule has 3 aromatic heterocycles. The molecule has 0 radical (unpaired) electrons. The number of nitrogens with zero attached hydrogens (tertiary/aromatic N) is 4. The molecule has 0 saturated heterocycles. The summed E-state index contributed by atoms with van der Waals surface area (Å²) in [6.07, 6.45) is 13.6. The zero-order valence-corrected chi connectivity index (χ0v) is 24.0. The van der Waals surface area contributed by atoms with E-state index in [1.807, 2.05) is 30.5 Å². The number of Topliss-reactive ketones (excluding diaryl/α,β-unsaturated/α-hetero) is 1. The van der Waals surface area contributed by atoms with Gasteiger partial charge < -0.3 is 15.2 Å². The third-order valence-corrected chi connectivity index (χ3v) is 9.42. The molecule has 2 spiro atoms. The molecule has 0 bridgehead atoms. The van der Waals surface area contributed by atoms with Crippen LogP contribution in [0.15, 0.2) is 42.9 Å². The molecule has 2 fully saturated rings. The average Bonchev–Trinajstić information content (AvgIpc) is 2.93. The van der Waals surface area contributed by atoms with E-state index in [4.69, 9.17) is 15.2 Å². The second-order valence-electron chi connectivity index (χ2n) is 13.4. The fourth-order valence-corrected chi connectivity index (χ4v) is 6.46. The van der Waals surface area contributed by atoms with Crippen LogP contribution in [0.1, 0.15) is 90.3 Å². The molecule has 2 N–H and O–H groups in total. The molecule has 2 aliphatic heterocycles. The number of aromatic nitrogens is 4. The lowest BCUT2D eigenvalue weighted by atomic mass is 9.68. The van der Waals surface area contributed by atoms with Crippen molar-refractivity contribution in [2.24, 2.45) is 10.8 Å². The summed E-state index contributed by atoms with van der Waals surface area (Å²) in [4.78, 5) is 29.8. The first kappa shape index (κ1) is 26.7. The first-order chi connectivity index (χ1) is 19.0. The Morgan fingerprint density at radius 3 is 1.98 bits per heavy atom. The Hall–Kier alpha value is -3.55. The number of hydrogen-bond acceptors (Lipinski definition) is 8. The standard InChI is InChI=1S/C17H20N4O.C15H19NO2/c1-16(2)5-7-17(8-6-16)13-12(10-20-15(18)21-13)11-4-3-9-19-14(11)22-17;1-14(2)5-7-15(8-6-14)12(17)10-11-4-3-9-16-13(11)18-15/h3-4,9-10H,5-8H2,1-2H3,(H2,18,20,21);3-4,9H,5-8,10H2,1-2H3. The van der Waals surface area contributed by atoms with Crippen molar-refractivity contribution in [3.63, 3.8) is 0 Å². The molecule has 5 heterocycles. The lowest BCUT2D eigenvalue weighted by molar-refractivity contribution is -0.141. The summed E-state index contributed by atoms with van der Waals surface area (Å²) >= 11 is 0.